The molecule has 0 aromatic heterocycles. The molecule has 1 aliphatic rings. The number of likely N-dealkylation sites (tertiary alicyclic amines) is 1. The molecule has 1 aromatic carbocycles. The Morgan fingerprint density at radius 1 is 1.47 bits per heavy atom. The molecule has 1 fully saturated rings. The van der Waals surface area contributed by atoms with Crippen LogP contribution in [0.15, 0.2) is 24.3 Å². The molecule has 1 heterocycles. The summed E-state index contributed by atoms with van der Waals surface area (Å²) in [6, 6.07) is 6.75. The van der Waals surface area contributed by atoms with Crippen LogP contribution in [0.25, 0.3) is 0 Å². The largest absolute Gasteiger partial charge is 0.387 e. The van der Waals surface area contributed by atoms with Crippen LogP contribution in [0, 0.1) is 10.1 Å². The van der Waals surface area contributed by atoms with Gasteiger partial charge < -0.3 is 5.11 Å². The molecular weight excluding hydrogens is 220 g/mol. The van der Waals surface area contributed by atoms with Crippen LogP contribution in [0.3, 0.4) is 0 Å². The summed E-state index contributed by atoms with van der Waals surface area (Å²) in [6.45, 7) is 3.66. The van der Waals surface area contributed by atoms with Crippen LogP contribution in [0.5, 0.6) is 0 Å². The monoisotopic (exact) mass is 236 g/mol. The molecule has 1 aromatic rings. The van der Waals surface area contributed by atoms with E-state index in [2.05, 4.69) is 0 Å². The van der Waals surface area contributed by atoms with Crippen LogP contribution in [-0.4, -0.2) is 33.6 Å². The van der Waals surface area contributed by atoms with Crippen molar-refractivity contribution in [2.24, 2.45) is 0 Å². The van der Waals surface area contributed by atoms with Crippen molar-refractivity contribution in [2.45, 2.75) is 25.5 Å². The molecule has 0 radical (unpaired) electrons. The van der Waals surface area contributed by atoms with Gasteiger partial charge in [-0.15, -0.1) is 0 Å². The lowest BCUT2D eigenvalue weighted by molar-refractivity contribution is -0.385. The average Bonchev–Trinajstić information content (AvgIpc) is 2.27. The summed E-state index contributed by atoms with van der Waals surface area (Å²) < 4.78 is 0. The maximum absolute atomic E-state index is 10.8. The molecule has 0 amide bonds. The second kappa shape index (κ2) is 4.43. The summed E-state index contributed by atoms with van der Waals surface area (Å²) in [7, 11) is 0. The summed E-state index contributed by atoms with van der Waals surface area (Å²) in [5.74, 6) is 0. The predicted molar refractivity (Wildman–Crippen MR) is 63.6 cm³/mol. The van der Waals surface area contributed by atoms with Crippen LogP contribution >= 0.6 is 0 Å². The molecule has 0 saturated carbocycles. The Balaban J connectivity index is 2.04. The van der Waals surface area contributed by atoms with E-state index in [1.165, 1.54) is 6.07 Å². The first-order valence-corrected chi connectivity index (χ1v) is 5.71. The smallest absolute Gasteiger partial charge is 0.273 e. The second-order valence-corrected chi connectivity index (χ2v) is 4.61. The first-order valence-electron chi connectivity index (χ1n) is 5.71. The van der Waals surface area contributed by atoms with Gasteiger partial charge in [-0.3, -0.25) is 15.0 Å². The van der Waals surface area contributed by atoms with Crippen molar-refractivity contribution >= 4 is 5.69 Å². The number of para-hydroxylation sites is 1. The van der Waals surface area contributed by atoms with E-state index >= 15 is 0 Å². The Kier molecular flexibility index (Phi) is 3.13. The van der Waals surface area contributed by atoms with E-state index in [-0.39, 0.29) is 10.6 Å². The maximum Gasteiger partial charge on any atom is 0.273 e. The molecule has 0 unspecified atom stereocenters. The van der Waals surface area contributed by atoms with Crippen molar-refractivity contribution in [2.75, 3.05) is 13.1 Å². The topological polar surface area (TPSA) is 66.6 Å². The lowest BCUT2D eigenvalue weighted by Crippen LogP contribution is -2.60. The first kappa shape index (κ1) is 12.0. The highest BCUT2D eigenvalue weighted by atomic mass is 16.6. The number of hydrogen-bond donors (Lipinski definition) is 1. The minimum atomic E-state index is -0.594. The van der Waals surface area contributed by atoms with Crippen molar-refractivity contribution in [3.63, 3.8) is 0 Å². The van der Waals surface area contributed by atoms with Gasteiger partial charge in [-0.2, -0.15) is 0 Å². The van der Waals surface area contributed by atoms with Gasteiger partial charge in [-0.05, 0) is 6.42 Å². The van der Waals surface area contributed by atoms with Crippen LogP contribution < -0.4 is 0 Å². The van der Waals surface area contributed by atoms with Gasteiger partial charge in [0, 0.05) is 31.3 Å². The summed E-state index contributed by atoms with van der Waals surface area (Å²) >= 11 is 0. The molecule has 92 valence electrons. The molecule has 1 N–H and O–H groups in total. The van der Waals surface area contributed by atoms with Crippen LogP contribution in [0.2, 0.25) is 0 Å². The van der Waals surface area contributed by atoms with Gasteiger partial charge >= 0.3 is 0 Å². The first-order chi connectivity index (χ1) is 8.04. The molecule has 1 aliphatic heterocycles. The van der Waals surface area contributed by atoms with Gasteiger partial charge in [-0.25, -0.2) is 0 Å². The summed E-state index contributed by atoms with van der Waals surface area (Å²) in [4.78, 5) is 12.5. The van der Waals surface area contributed by atoms with Gasteiger partial charge in [0.05, 0.1) is 10.5 Å². The normalized spacial score (nSPS) is 18.7. The van der Waals surface area contributed by atoms with Crippen LogP contribution in [0.1, 0.15) is 18.9 Å². The fourth-order valence-electron chi connectivity index (χ4n) is 2.19. The number of nitro groups is 1. The average molecular weight is 236 g/mol. The predicted octanol–water partition coefficient (Wildman–Crippen LogP) is 1.55. The summed E-state index contributed by atoms with van der Waals surface area (Å²) in [5, 5.41) is 20.7. The molecular formula is C12H16N2O3. The van der Waals surface area contributed by atoms with E-state index < -0.39 is 5.60 Å². The number of benzene rings is 1. The van der Waals surface area contributed by atoms with Crippen molar-refractivity contribution < 1.29 is 10.0 Å². The van der Waals surface area contributed by atoms with E-state index in [0.717, 1.165) is 6.42 Å². The lowest BCUT2D eigenvalue weighted by Gasteiger charge is -2.46. The van der Waals surface area contributed by atoms with Crippen LogP contribution in [-0.2, 0) is 6.54 Å². The molecule has 0 atom stereocenters. The molecule has 0 spiro atoms. The third-order valence-electron chi connectivity index (χ3n) is 3.28. The standard InChI is InChI=1S/C12H16N2O3/c1-2-12(15)8-13(9-12)7-10-5-3-4-6-11(10)14(16)17/h3-6,15H,2,7-9H2,1H3. The van der Waals surface area contributed by atoms with Crippen molar-refractivity contribution in [3.8, 4) is 0 Å². The maximum atomic E-state index is 10.8. The van der Waals surface area contributed by atoms with Gasteiger partial charge in [0.15, 0.2) is 0 Å². The number of aliphatic hydroxyl groups is 1. The van der Waals surface area contributed by atoms with Crippen LogP contribution in [0.4, 0.5) is 5.69 Å². The zero-order chi connectivity index (χ0) is 12.5. The molecule has 17 heavy (non-hydrogen) atoms. The Hall–Kier alpha value is -1.46. The van der Waals surface area contributed by atoms with Gasteiger partial charge in [0.25, 0.3) is 5.69 Å². The van der Waals surface area contributed by atoms with Gasteiger partial charge in [0.1, 0.15) is 0 Å². The molecule has 0 aliphatic carbocycles. The Morgan fingerprint density at radius 2 is 2.12 bits per heavy atom. The highest BCUT2D eigenvalue weighted by Crippen LogP contribution is 2.28. The summed E-state index contributed by atoms with van der Waals surface area (Å²) in [6.07, 6.45) is 0.723. The quantitative estimate of drug-likeness (QED) is 0.636. The second-order valence-electron chi connectivity index (χ2n) is 4.61. The number of hydrogen-bond acceptors (Lipinski definition) is 4. The third-order valence-corrected chi connectivity index (χ3v) is 3.28. The highest BCUT2D eigenvalue weighted by Gasteiger charge is 2.39. The van der Waals surface area contributed by atoms with E-state index in [1.807, 2.05) is 11.8 Å². The number of β-amino-alcohol motifs (C(OH)–C–C–N with tert-alkyl or cyclic N) is 1. The van der Waals surface area contributed by atoms with E-state index in [1.54, 1.807) is 18.2 Å². The minimum absolute atomic E-state index is 0.152. The third kappa shape index (κ3) is 2.45. The zero-order valence-electron chi connectivity index (χ0n) is 9.80. The fraction of sp³-hybridized carbons (Fsp3) is 0.500. The van der Waals surface area contributed by atoms with E-state index in [4.69, 9.17) is 0 Å². The number of nitro benzene ring substituents is 1. The lowest BCUT2D eigenvalue weighted by atomic mass is 9.91. The Bertz CT molecular complexity index is 428. The van der Waals surface area contributed by atoms with E-state index in [0.29, 0.717) is 25.2 Å². The molecule has 1 saturated heterocycles. The van der Waals surface area contributed by atoms with Crippen molar-refractivity contribution in [1.29, 1.82) is 0 Å². The van der Waals surface area contributed by atoms with Gasteiger partial charge in [0.2, 0.25) is 0 Å². The fourth-order valence-corrected chi connectivity index (χ4v) is 2.19. The zero-order valence-corrected chi connectivity index (χ0v) is 9.80. The summed E-state index contributed by atoms with van der Waals surface area (Å²) in [5.41, 5.74) is 0.263. The molecule has 0 bridgehead atoms. The van der Waals surface area contributed by atoms with Crippen molar-refractivity contribution in [1.82, 2.24) is 4.90 Å². The molecule has 5 nitrogen and oxygen atoms in total. The number of rotatable bonds is 4. The van der Waals surface area contributed by atoms with Crippen molar-refractivity contribution in [3.05, 3.63) is 39.9 Å². The Labute approximate surface area is 99.8 Å². The Morgan fingerprint density at radius 3 is 2.71 bits per heavy atom. The number of nitrogens with zero attached hydrogens (tertiary/aromatic N) is 2. The molecule has 2 rings (SSSR count). The SMILES string of the molecule is CCC1(O)CN(Cc2ccccc2[N+](=O)[O-])C1. The van der Waals surface area contributed by atoms with E-state index in [9.17, 15) is 15.2 Å². The van der Waals surface area contributed by atoms with Gasteiger partial charge in [-0.1, -0.05) is 25.1 Å². The minimum Gasteiger partial charge on any atom is -0.387 e. The highest BCUT2D eigenvalue weighted by molar-refractivity contribution is 5.39. The molecule has 5 heteroatoms.